The molecule has 0 aliphatic carbocycles. The Morgan fingerprint density at radius 3 is 2.60 bits per heavy atom. The van der Waals surface area contributed by atoms with Crippen molar-refractivity contribution in [2.24, 2.45) is 0 Å². The first-order chi connectivity index (χ1) is 7.31. The molecule has 3 heteroatoms. The third-order valence-corrected chi connectivity index (χ3v) is 2.94. The predicted molar refractivity (Wildman–Crippen MR) is 67.3 cm³/mol. The van der Waals surface area contributed by atoms with Gasteiger partial charge in [-0.1, -0.05) is 57.9 Å². The SMILES string of the molecule is Clc1cnc(-c2ccccc2)c(CBr)c1. The molecule has 76 valence electrons. The summed E-state index contributed by atoms with van der Waals surface area (Å²) in [6.45, 7) is 0. The molecule has 0 N–H and O–H groups in total. The fourth-order valence-electron chi connectivity index (χ4n) is 1.44. The topological polar surface area (TPSA) is 12.9 Å². The summed E-state index contributed by atoms with van der Waals surface area (Å²) in [5.41, 5.74) is 3.20. The maximum absolute atomic E-state index is 5.90. The van der Waals surface area contributed by atoms with E-state index < -0.39 is 0 Å². The van der Waals surface area contributed by atoms with Gasteiger partial charge in [0.1, 0.15) is 0 Å². The van der Waals surface area contributed by atoms with Crippen LogP contribution in [0.25, 0.3) is 11.3 Å². The molecule has 0 aliphatic rings. The van der Waals surface area contributed by atoms with Crippen LogP contribution >= 0.6 is 27.5 Å². The van der Waals surface area contributed by atoms with Crippen LogP contribution in [0.2, 0.25) is 5.02 Å². The van der Waals surface area contributed by atoms with Crippen molar-refractivity contribution in [3.8, 4) is 11.3 Å². The highest BCUT2D eigenvalue weighted by Crippen LogP contribution is 2.25. The first-order valence-corrected chi connectivity index (χ1v) is 6.07. The number of aromatic nitrogens is 1. The molecule has 0 fully saturated rings. The van der Waals surface area contributed by atoms with Crippen molar-refractivity contribution in [3.05, 3.63) is 53.2 Å². The predicted octanol–water partition coefficient (Wildman–Crippen LogP) is 4.30. The first-order valence-electron chi connectivity index (χ1n) is 4.57. The van der Waals surface area contributed by atoms with Gasteiger partial charge in [0.15, 0.2) is 0 Å². The Hall–Kier alpha value is -0.860. The standard InChI is InChI=1S/C12H9BrClN/c13-7-10-6-11(14)8-15-12(10)9-4-2-1-3-5-9/h1-6,8H,7H2. The highest BCUT2D eigenvalue weighted by molar-refractivity contribution is 9.08. The van der Waals surface area contributed by atoms with E-state index in [1.165, 1.54) is 0 Å². The molecule has 0 aliphatic heterocycles. The molecule has 0 unspecified atom stereocenters. The lowest BCUT2D eigenvalue weighted by molar-refractivity contribution is 1.26. The molecule has 0 saturated carbocycles. The molecule has 1 aromatic carbocycles. The average Bonchev–Trinajstić information content (AvgIpc) is 2.30. The quantitative estimate of drug-likeness (QED) is 0.749. The molecular weight excluding hydrogens is 273 g/mol. The van der Waals surface area contributed by atoms with Gasteiger partial charge < -0.3 is 0 Å². The zero-order valence-corrected chi connectivity index (χ0v) is 10.3. The van der Waals surface area contributed by atoms with Crippen LogP contribution in [0.15, 0.2) is 42.6 Å². The van der Waals surface area contributed by atoms with Crippen LogP contribution in [0.1, 0.15) is 5.56 Å². The van der Waals surface area contributed by atoms with Gasteiger partial charge in [-0.25, -0.2) is 0 Å². The third kappa shape index (κ3) is 2.39. The monoisotopic (exact) mass is 281 g/mol. The maximum Gasteiger partial charge on any atom is 0.0743 e. The smallest absolute Gasteiger partial charge is 0.0743 e. The lowest BCUT2D eigenvalue weighted by atomic mass is 10.1. The van der Waals surface area contributed by atoms with Crippen molar-refractivity contribution < 1.29 is 0 Å². The van der Waals surface area contributed by atoms with E-state index in [4.69, 9.17) is 11.6 Å². The molecular formula is C12H9BrClN. The average molecular weight is 283 g/mol. The van der Waals surface area contributed by atoms with Crippen LogP contribution in [0, 0.1) is 0 Å². The number of alkyl halides is 1. The molecule has 1 aromatic heterocycles. The normalized spacial score (nSPS) is 10.3. The van der Waals surface area contributed by atoms with Crippen LogP contribution in [-0.2, 0) is 5.33 Å². The second-order valence-electron chi connectivity index (χ2n) is 3.16. The van der Waals surface area contributed by atoms with Crippen LogP contribution in [0.5, 0.6) is 0 Å². The molecule has 15 heavy (non-hydrogen) atoms. The lowest BCUT2D eigenvalue weighted by Crippen LogP contribution is -1.90. The minimum atomic E-state index is 0.670. The van der Waals surface area contributed by atoms with Gasteiger partial charge >= 0.3 is 0 Å². The maximum atomic E-state index is 5.90. The van der Waals surface area contributed by atoms with E-state index in [1.807, 2.05) is 36.4 Å². The van der Waals surface area contributed by atoms with Gasteiger partial charge in [-0.3, -0.25) is 4.98 Å². The van der Waals surface area contributed by atoms with Gasteiger partial charge in [0.2, 0.25) is 0 Å². The van der Waals surface area contributed by atoms with E-state index in [9.17, 15) is 0 Å². The van der Waals surface area contributed by atoms with Crippen molar-refractivity contribution in [1.29, 1.82) is 0 Å². The molecule has 2 rings (SSSR count). The van der Waals surface area contributed by atoms with Gasteiger partial charge in [-0.2, -0.15) is 0 Å². The Bertz CT molecular complexity index is 456. The van der Waals surface area contributed by atoms with Crippen molar-refractivity contribution >= 4 is 27.5 Å². The molecule has 0 radical (unpaired) electrons. The molecule has 0 amide bonds. The van der Waals surface area contributed by atoms with Gasteiger partial charge in [0, 0.05) is 17.1 Å². The summed E-state index contributed by atoms with van der Waals surface area (Å²) in [5, 5.41) is 1.43. The molecule has 0 saturated heterocycles. The van der Waals surface area contributed by atoms with E-state index in [0.717, 1.165) is 22.2 Å². The Kier molecular flexibility index (Phi) is 3.39. The highest BCUT2D eigenvalue weighted by Gasteiger charge is 2.05. The number of hydrogen-bond acceptors (Lipinski definition) is 1. The highest BCUT2D eigenvalue weighted by atomic mass is 79.9. The van der Waals surface area contributed by atoms with Crippen molar-refractivity contribution in [2.45, 2.75) is 5.33 Å². The minimum absolute atomic E-state index is 0.670. The van der Waals surface area contributed by atoms with Gasteiger partial charge in [0.25, 0.3) is 0 Å². The summed E-state index contributed by atoms with van der Waals surface area (Å²) in [7, 11) is 0. The Labute approximate surface area is 102 Å². The van der Waals surface area contributed by atoms with Gasteiger partial charge in [-0.05, 0) is 11.6 Å². The van der Waals surface area contributed by atoms with Crippen molar-refractivity contribution in [1.82, 2.24) is 4.98 Å². The van der Waals surface area contributed by atoms with Crippen molar-refractivity contribution in [2.75, 3.05) is 0 Å². The van der Waals surface area contributed by atoms with E-state index in [0.29, 0.717) is 5.02 Å². The molecule has 0 spiro atoms. The number of nitrogens with zero attached hydrogens (tertiary/aromatic N) is 1. The summed E-state index contributed by atoms with van der Waals surface area (Å²) < 4.78 is 0. The Balaban J connectivity index is 2.53. The zero-order chi connectivity index (χ0) is 10.7. The van der Waals surface area contributed by atoms with E-state index in [2.05, 4.69) is 20.9 Å². The molecule has 1 nitrogen and oxygen atoms in total. The van der Waals surface area contributed by atoms with Crippen molar-refractivity contribution in [3.63, 3.8) is 0 Å². The summed E-state index contributed by atoms with van der Waals surface area (Å²) in [6.07, 6.45) is 1.68. The number of pyridine rings is 1. The molecule has 0 atom stereocenters. The number of halogens is 2. The van der Waals surface area contributed by atoms with Crippen LogP contribution in [0.4, 0.5) is 0 Å². The summed E-state index contributed by atoms with van der Waals surface area (Å²) >= 11 is 9.34. The first kappa shape index (κ1) is 10.7. The van der Waals surface area contributed by atoms with Gasteiger partial charge in [0.05, 0.1) is 10.7 Å². The molecule has 1 heterocycles. The largest absolute Gasteiger partial charge is 0.254 e. The fourth-order valence-corrected chi connectivity index (χ4v) is 2.05. The molecule has 0 bridgehead atoms. The number of rotatable bonds is 2. The summed E-state index contributed by atoms with van der Waals surface area (Å²) in [4.78, 5) is 4.36. The number of hydrogen-bond donors (Lipinski definition) is 0. The second kappa shape index (κ2) is 4.77. The second-order valence-corrected chi connectivity index (χ2v) is 4.16. The zero-order valence-electron chi connectivity index (χ0n) is 7.95. The lowest BCUT2D eigenvalue weighted by Gasteiger charge is -2.06. The van der Waals surface area contributed by atoms with Crippen LogP contribution in [0.3, 0.4) is 0 Å². The molecule has 2 aromatic rings. The minimum Gasteiger partial charge on any atom is -0.254 e. The van der Waals surface area contributed by atoms with Gasteiger partial charge in [-0.15, -0.1) is 0 Å². The summed E-state index contributed by atoms with van der Waals surface area (Å²) in [5.74, 6) is 0. The third-order valence-electron chi connectivity index (χ3n) is 2.12. The van der Waals surface area contributed by atoms with E-state index in [-0.39, 0.29) is 0 Å². The number of benzene rings is 1. The summed E-state index contributed by atoms with van der Waals surface area (Å²) in [6, 6.07) is 12.0. The fraction of sp³-hybridized carbons (Fsp3) is 0.0833. The van der Waals surface area contributed by atoms with E-state index >= 15 is 0 Å². The Morgan fingerprint density at radius 1 is 1.20 bits per heavy atom. The van der Waals surface area contributed by atoms with E-state index in [1.54, 1.807) is 6.20 Å². The van der Waals surface area contributed by atoms with Crippen LogP contribution in [-0.4, -0.2) is 4.98 Å². The Morgan fingerprint density at radius 2 is 1.93 bits per heavy atom. The van der Waals surface area contributed by atoms with Crippen LogP contribution < -0.4 is 0 Å².